The van der Waals surface area contributed by atoms with Gasteiger partial charge in [-0.1, -0.05) is 18.2 Å². The number of ether oxygens (including phenoxy) is 1. The highest BCUT2D eigenvalue weighted by atomic mass is 16.5. The first-order valence-corrected chi connectivity index (χ1v) is 5.63. The number of aliphatic hydroxyl groups excluding tert-OH is 1. The van der Waals surface area contributed by atoms with E-state index >= 15 is 0 Å². The molecule has 2 rings (SSSR count). The van der Waals surface area contributed by atoms with E-state index in [0.717, 1.165) is 0 Å². The molecule has 4 heteroatoms. The first-order valence-electron chi connectivity index (χ1n) is 5.63. The van der Waals surface area contributed by atoms with Gasteiger partial charge in [0, 0.05) is 12.8 Å². The van der Waals surface area contributed by atoms with Crippen LogP contribution >= 0.6 is 0 Å². The van der Waals surface area contributed by atoms with Gasteiger partial charge in [0.2, 0.25) is 0 Å². The Balaban J connectivity index is 1.94. The maximum Gasteiger partial charge on any atom is 0.338 e. The Morgan fingerprint density at radius 2 is 2.00 bits per heavy atom. The van der Waals surface area contributed by atoms with E-state index < -0.39 is 12.1 Å². The molecular weight excluding hydrogens is 220 g/mol. The lowest BCUT2D eigenvalue weighted by Gasteiger charge is -2.24. The summed E-state index contributed by atoms with van der Waals surface area (Å²) >= 11 is 0. The van der Waals surface area contributed by atoms with Crippen molar-refractivity contribution >= 4 is 11.8 Å². The number of aliphatic hydroxyl groups is 1. The molecule has 2 atom stereocenters. The molecule has 0 radical (unpaired) electrons. The molecule has 0 amide bonds. The minimum absolute atomic E-state index is 0.169. The summed E-state index contributed by atoms with van der Waals surface area (Å²) in [6.07, 6.45) is -0.382. The number of benzene rings is 1. The number of carbonyl (C=O) groups excluding carboxylic acids is 2. The number of esters is 1. The fourth-order valence-corrected chi connectivity index (χ4v) is 1.87. The Labute approximate surface area is 99.2 Å². The zero-order valence-corrected chi connectivity index (χ0v) is 9.33. The summed E-state index contributed by atoms with van der Waals surface area (Å²) < 4.78 is 5.24. The quantitative estimate of drug-likeness (QED) is 0.784. The first kappa shape index (κ1) is 11.8. The SMILES string of the molecule is O=C(OC1CCC(=O)C(O)C1)c1ccccc1. The summed E-state index contributed by atoms with van der Waals surface area (Å²) in [5, 5.41) is 9.39. The first-order chi connectivity index (χ1) is 8.16. The smallest absolute Gasteiger partial charge is 0.338 e. The van der Waals surface area contributed by atoms with Gasteiger partial charge >= 0.3 is 5.97 Å². The highest BCUT2D eigenvalue weighted by Gasteiger charge is 2.29. The van der Waals surface area contributed by atoms with Crippen molar-refractivity contribution in [1.29, 1.82) is 0 Å². The van der Waals surface area contributed by atoms with Crippen molar-refractivity contribution in [3.8, 4) is 0 Å². The Morgan fingerprint density at radius 3 is 2.65 bits per heavy atom. The third-order valence-corrected chi connectivity index (χ3v) is 2.85. The minimum atomic E-state index is -0.989. The van der Waals surface area contributed by atoms with Gasteiger partial charge in [-0.3, -0.25) is 4.79 Å². The van der Waals surface area contributed by atoms with Gasteiger partial charge in [0.1, 0.15) is 12.2 Å². The lowest BCUT2D eigenvalue weighted by atomic mass is 9.94. The Bertz CT molecular complexity index is 413. The summed E-state index contributed by atoms with van der Waals surface area (Å²) in [5.41, 5.74) is 0.485. The summed E-state index contributed by atoms with van der Waals surface area (Å²) in [6.45, 7) is 0. The summed E-state index contributed by atoms with van der Waals surface area (Å²) in [6, 6.07) is 8.69. The van der Waals surface area contributed by atoms with Crippen molar-refractivity contribution in [3.05, 3.63) is 35.9 Å². The van der Waals surface area contributed by atoms with Crippen molar-refractivity contribution in [1.82, 2.24) is 0 Å². The number of hydrogen-bond acceptors (Lipinski definition) is 4. The Morgan fingerprint density at radius 1 is 1.29 bits per heavy atom. The zero-order chi connectivity index (χ0) is 12.3. The molecule has 0 aliphatic heterocycles. The number of hydrogen-bond donors (Lipinski definition) is 1. The summed E-state index contributed by atoms with van der Waals surface area (Å²) in [5.74, 6) is -0.575. The monoisotopic (exact) mass is 234 g/mol. The van der Waals surface area contributed by atoms with E-state index in [-0.39, 0.29) is 24.7 Å². The van der Waals surface area contributed by atoms with E-state index in [1.807, 2.05) is 6.07 Å². The molecule has 1 aromatic carbocycles. The number of ketones is 1. The normalized spacial score (nSPS) is 24.4. The standard InChI is InChI=1S/C13H14O4/c14-11-7-6-10(8-12(11)15)17-13(16)9-4-2-1-3-5-9/h1-5,10,12,15H,6-8H2. The number of Topliss-reactive ketones (excluding diaryl/α,β-unsaturated/α-hetero) is 1. The van der Waals surface area contributed by atoms with E-state index in [0.29, 0.717) is 12.0 Å². The van der Waals surface area contributed by atoms with Crippen molar-refractivity contribution in [3.63, 3.8) is 0 Å². The van der Waals surface area contributed by atoms with Gasteiger partial charge in [-0.25, -0.2) is 4.79 Å². The second-order valence-electron chi connectivity index (χ2n) is 4.15. The lowest BCUT2D eigenvalue weighted by Crippen LogP contribution is -2.34. The van der Waals surface area contributed by atoms with Gasteiger partial charge in [0.15, 0.2) is 5.78 Å². The fraction of sp³-hybridized carbons (Fsp3) is 0.385. The molecule has 1 aromatic rings. The van der Waals surface area contributed by atoms with E-state index in [1.54, 1.807) is 24.3 Å². The van der Waals surface area contributed by atoms with Gasteiger partial charge in [-0.15, -0.1) is 0 Å². The molecule has 17 heavy (non-hydrogen) atoms. The highest BCUT2D eigenvalue weighted by Crippen LogP contribution is 2.19. The van der Waals surface area contributed by atoms with Crippen LogP contribution in [0.3, 0.4) is 0 Å². The van der Waals surface area contributed by atoms with Crippen LogP contribution in [-0.2, 0) is 9.53 Å². The third kappa shape index (κ3) is 2.91. The van der Waals surface area contributed by atoms with Crippen LogP contribution in [0.4, 0.5) is 0 Å². The number of rotatable bonds is 2. The van der Waals surface area contributed by atoms with E-state index in [2.05, 4.69) is 0 Å². The molecule has 0 bridgehead atoms. The van der Waals surface area contributed by atoms with Gasteiger partial charge in [-0.05, 0) is 18.6 Å². The molecule has 0 saturated heterocycles. The topological polar surface area (TPSA) is 63.6 Å². The number of carbonyl (C=O) groups is 2. The molecule has 2 unspecified atom stereocenters. The molecular formula is C13H14O4. The van der Waals surface area contributed by atoms with Crippen molar-refractivity contribution < 1.29 is 19.4 Å². The maximum atomic E-state index is 11.7. The Kier molecular flexibility index (Phi) is 3.54. The lowest BCUT2D eigenvalue weighted by molar-refractivity contribution is -0.132. The van der Waals surface area contributed by atoms with Gasteiger partial charge in [0.05, 0.1) is 5.56 Å². The zero-order valence-electron chi connectivity index (χ0n) is 9.33. The predicted molar refractivity (Wildman–Crippen MR) is 60.5 cm³/mol. The fourth-order valence-electron chi connectivity index (χ4n) is 1.87. The molecule has 1 saturated carbocycles. The van der Waals surface area contributed by atoms with Crippen LogP contribution < -0.4 is 0 Å². The molecule has 0 spiro atoms. The van der Waals surface area contributed by atoms with Crippen molar-refractivity contribution in [2.24, 2.45) is 0 Å². The summed E-state index contributed by atoms with van der Waals surface area (Å²) in [4.78, 5) is 22.8. The largest absolute Gasteiger partial charge is 0.459 e. The molecule has 0 aromatic heterocycles. The van der Waals surface area contributed by atoms with Gasteiger partial charge < -0.3 is 9.84 Å². The van der Waals surface area contributed by atoms with Crippen molar-refractivity contribution in [2.45, 2.75) is 31.5 Å². The molecule has 90 valence electrons. The molecule has 0 heterocycles. The predicted octanol–water partition coefficient (Wildman–Crippen LogP) is 1.33. The second-order valence-corrected chi connectivity index (χ2v) is 4.15. The molecule has 1 aliphatic carbocycles. The van der Waals surface area contributed by atoms with Crippen LogP contribution in [0.1, 0.15) is 29.6 Å². The highest BCUT2D eigenvalue weighted by molar-refractivity contribution is 5.89. The van der Waals surface area contributed by atoms with E-state index in [9.17, 15) is 14.7 Å². The molecule has 1 N–H and O–H groups in total. The Hall–Kier alpha value is -1.68. The van der Waals surface area contributed by atoms with Crippen LogP contribution in [0.15, 0.2) is 30.3 Å². The van der Waals surface area contributed by atoms with Crippen LogP contribution in [0.5, 0.6) is 0 Å². The average molecular weight is 234 g/mol. The second kappa shape index (κ2) is 5.10. The minimum Gasteiger partial charge on any atom is -0.459 e. The van der Waals surface area contributed by atoms with Crippen LogP contribution in [0, 0.1) is 0 Å². The van der Waals surface area contributed by atoms with Crippen LogP contribution in [-0.4, -0.2) is 29.1 Å². The van der Waals surface area contributed by atoms with Gasteiger partial charge in [-0.2, -0.15) is 0 Å². The molecule has 1 fully saturated rings. The molecule has 1 aliphatic rings. The van der Waals surface area contributed by atoms with Crippen molar-refractivity contribution in [2.75, 3.05) is 0 Å². The van der Waals surface area contributed by atoms with E-state index in [4.69, 9.17) is 4.74 Å². The average Bonchev–Trinajstić information content (AvgIpc) is 2.35. The van der Waals surface area contributed by atoms with E-state index in [1.165, 1.54) is 0 Å². The summed E-state index contributed by atoms with van der Waals surface area (Å²) in [7, 11) is 0. The molecule has 4 nitrogen and oxygen atoms in total. The van der Waals surface area contributed by atoms with Crippen LogP contribution in [0.2, 0.25) is 0 Å². The maximum absolute atomic E-state index is 11.7. The van der Waals surface area contributed by atoms with Crippen LogP contribution in [0.25, 0.3) is 0 Å². The third-order valence-electron chi connectivity index (χ3n) is 2.85. The van der Waals surface area contributed by atoms with Gasteiger partial charge in [0.25, 0.3) is 0 Å².